The second-order valence-electron chi connectivity index (χ2n) is 8.54. The number of carbonyl (C=O) groups excluding carboxylic acids is 2. The quantitative estimate of drug-likeness (QED) is 0.416. The van der Waals surface area contributed by atoms with Crippen LogP contribution in [-0.2, 0) is 6.18 Å². The first-order valence-corrected chi connectivity index (χ1v) is 11.3. The van der Waals surface area contributed by atoms with E-state index >= 15 is 0 Å². The molecule has 2 aromatic carbocycles. The van der Waals surface area contributed by atoms with Crippen LogP contribution in [0, 0.1) is 0 Å². The SMILES string of the molecule is NC(N)=NC(=O)c1ccc(C2CCN(C(=O)c3cncc(-c4ccccc4)c3)CC2)c(C(F)(F)F)c1. The maximum absolute atomic E-state index is 13.8. The van der Waals surface area contributed by atoms with E-state index in [-0.39, 0.29) is 17.0 Å². The van der Waals surface area contributed by atoms with Crippen LogP contribution in [-0.4, -0.2) is 40.7 Å². The minimum atomic E-state index is -4.67. The number of rotatable bonds is 4. The summed E-state index contributed by atoms with van der Waals surface area (Å²) in [6, 6.07) is 14.7. The van der Waals surface area contributed by atoms with Gasteiger partial charge in [-0.15, -0.1) is 0 Å². The molecule has 0 aliphatic carbocycles. The van der Waals surface area contributed by atoms with Crippen molar-refractivity contribution in [3.63, 3.8) is 0 Å². The Hall–Kier alpha value is -4.21. The molecule has 0 bridgehead atoms. The van der Waals surface area contributed by atoms with Crippen molar-refractivity contribution in [1.82, 2.24) is 9.88 Å². The van der Waals surface area contributed by atoms with Crippen LogP contribution in [0.1, 0.15) is 50.6 Å². The van der Waals surface area contributed by atoms with Gasteiger partial charge in [0.25, 0.3) is 11.8 Å². The number of pyridine rings is 1. The predicted molar refractivity (Wildman–Crippen MR) is 129 cm³/mol. The van der Waals surface area contributed by atoms with Crippen molar-refractivity contribution in [3.05, 3.63) is 89.2 Å². The minimum absolute atomic E-state index is 0.0867. The molecule has 4 N–H and O–H groups in total. The summed E-state index contributed by atoms with van der Waals surface area (Å²) in [7, 11) is 0. The van der Waals surface area contributed by atoms with Crippen molar-refractivity contribution >= 4 is 17.8 Å². The Bertz CT molecular complexity index is 1300. The van der Waals surface area contributed by atoms with Crippen LogP contribution in [0.15, 0.2) is 72.0 Å². The Morgan fingerprint density at radius 3 is 2.25 bits per heavy atom. The first-order chi connectivity index (χ1) is 17.1. The summed E-state index contributed by atoms with van der Waals surface area (Å²) in [5.41, 5.74) is 11.4. The number of amides is 2. The van der Waals surface area contributed by atoms with Crippen molar-refractivity contribution in [2.24, 2.45) is 16.5 Å². The highest BCUT2D eigenvalue weighted by atomic mass is 19.4. The molecule has 1 aliphatic rings. The smallest absolute Gasteiger partial charge is 0.370 e. The lowest BCUT2D eigenvalue weighted by Crippen LogP contribution is -2.38. The molecule has 1 saturated heterocycles. The van der Waals surface area contributed by atoms with Crippen LogP contribution in [0.4, 0.5) is 13.2 Å². The summed E-state index contributed by atoms with van der Waals surface area (Å²) in [5.74, 6) is -2.11. The molecule has 1 fully saturated rings. The first kappa shape index (κ1) is 24.9. The predicted octanol–water partition coefficient (Wildman–Crippen LogP) is 4.20. The van der Waals surface area contributed by atoms with Crippen LogP contribution in [0.25, 0.3) is 11.1 Å². The largest absolute Gasteiger partial charge is 0.416 e. The van der Waals surface area contributed by atoms with E-state index in [1.807, 2.05) is 30.3 Å². The second kappa shape index (κ2) is 10.2. The molecule has 0 unspecified atom stereocenters. The maximum atomic E-state index is 13.8. The fourth-order valence-electron chi connectivity index (χ4n) is 4.39. The van der Waals surface area contributed by atoms with Crippen LogP contribution < -0.4 is 11.5 Å². The molecule has 2 heterocycles. The van der Waals surface area contributed by atoms with Gasteiger partial charge in [-0.3, -0.25) is 14.6 Å². The third kappa shape index (κ3) is 5.54. The van der Waals surface area contributed by atoms with Crippen LogP contribution >= 0.6 is 0 Å². The number of alkyl halides is 3. The molecule has 0 saturated carbocycles. The lowest BCUT2D eigenvalue weighted by molar-refractivity contribution is -0.138. The van der Waals surface area contributed by atoms with E-state index in [1.165, 1.54) is 18.3 Å². The number of hydrogen-bond acceptors (Lipinski definition) is 3. The number of nitrogens with two attached hydrogens (primary N) is 2. The summed E-state index contributed by atoms with van der Waals surface area (Å²) in [5, 5.41) is 0. The number of guanidine groups is 1. The second-order valence-corrected chi connectivity index (χ2v) is 8.54. The number of halogens is 3. The fourth-order valence-corrected chi connectivity index (χ4v) is 4.39. The van der Waals surface area contributed by atoms with Gasteiger partial charge in [0, 0.05) is 36.6 Å². The van der Waals surface area contributed by atoms with Gasteiger partial charge in [-0.1, -0.05) is 36.4 Å². The molecule has 1 aliphatic heterocycles. The van der Waals surface area contributed by atoms with Gasteiger partial charge < -0.3 is 16.4 Å². The van der Waals surface area contributed by atoms with Crippen molar-refractivity contribution in [2.45, 2.75) is 24.9 Å². The van der Waals surface area contributed by atoms with E-state index in [1.54, 1.807) is 17.2 Å². The van der Waals surface area contributed by atoms with Crippen LogP contribution in [0.2, 0.25) is 0 Å². The summed E-state index contributed by atoms with van der Waals surface area (Å²) in [4.78, 5) is 34.3. The number of carbonyl (C=O) groups is 2. The van der Waals surface area contributed by atoms with E-state index in [0.29, 0.717) is 31.5 Å². The molecule has 1 aromatic heterocycles. The van der Waals surface area contributed by atoms with Gasteiger partial charge in [0.1, 0.15) is 0 Å². The van der Waals surface area contributed by atoms with Gasteiger partial charge in [0.05, 0.1) is 11.1 Å². The van der Waals surface area contributed by atoms with E-state index < -0.39 is 29.5 Å². The number of benzene rings is 2. The summed E-state index contributed by atoms with van der Waals surface area (Å²) >= 11 is 0. The molecular weight excluding hydrogens is 471 g/mol. The number of aliphatic imine (C=N–C) groups is 1. The molecule has 10 heteroatoms. The maximum Gasteiger partial charge on any atom is 0.416 e. The number of hydrogen-bond donors (Lipinski definition) is 2. The molecule has 186 valence electrons. The van der Waals surface area contributed by atoms with Gasteiger partial charge in [0.15, 0.2) is 5.96 Å². The molecule has 4 rings (SSSR count). The van der Waals surface area contributed by atoms with Gasteiger partial charge >= 0.3 is 6.18 Å². The minimum Gasteiger partial charge on any atom is -0.370 e. The van der Waals surface area contributed by atoms with E-state index in [9.17, 15) is 22.8 Å². The highest BCUT2D eigenvalue weighted by Gasteiger charge is 2.37. The van der Waals surface area contributed by atoms with E-state index in [2.05, 4.69) is 9.98 Å². The van der Waals surface area contributed by atoms with Crippen LogP contribution in [0.3, 0.4) is 0 Å². The fraction of sp³-hybridized carbons (Fsp3) is 0.231. The highest BCUT2D eigenvalue weighted by Crippen LogP contribution is 2.39. The molecule has 3 aromatic rings. The van der Waals surface area contributed by atoms with E-state index in [0.717, 1.165) is 17.2 Å². The van der Waals surface area contributed by atoms with Crippen molar-refractivity contribution < 1.29 is 22.8 Å². The monoisotopic (exact) mass is 495 g/mol. The standard InChI is InChI=1S/C26H24F3N5O2/c27-26(28,29)22-13-18(23(35)33-25(30)31)6-7-21(22)17-8-10-34(11-9-17)24(36)20-12-19(14-32-15-20)16-4-2-1-3-5-16/h1-7,12-15,17H,8-11H2,(H4,30,31,33,35). The third-order valence-corrected chi connectivity index (χ3v) is 6.15. The van der Waals surface area contributed by atoms with Gasteiger partial charge in [-0.2, -0.15) is 18.2 Å². The number of nitrogens with zero attached hydrogens (tertiary/aromatic N) is 3. The van der Waals surface area contributed by atoms with Crippen molar-refractivity contribution in [1.29, 1.82) is 0 Å². The average molecular weight is 496 g/mol. The normalized spacial score (nSPS) is 14.4. The molecular formula is C26H24F3N5O2. The van der Waals surface area contributed by atoms with Gasteiger partial charge in [-0.25, -0.2) is 0 Å². The summed E-state index contributed by atoms with van der Waals surface area (Å²) in [6.07, 6.45) is -0.794. The number of aromatic nitrogens is 1. The molecule has 7 nitrogen and oxygen atoms in total. The third-order valence-electron chi connectivity index (χ3n) is 6.15. The van der Waals surface area contributed by atoms with Gasteiger partial charge in [-0.05, 0) is 48.1 Å². The Morgan fingerprint density at radius 2 is 1.61 bits per heavy atom. The zero-order valence-electron chi connectivity index (χ0n) is 19.2. The summed E-state index contributed by atoms with van der Waals surface area (Å²) < 4.78 is 41.5. The molecule has 0 radical (unpaired) electrons. The van der Waals surface area contributed by atoms with Crippen molar-refractivity contribution in [2.75, 3.05) is 13.1 Å². The van der Waals surface area contributed by atoms with Crippen LogP contribution in [0.5, 0.6) is 0 Å². The molecule has 0 atom stereocenters. The highest BCUT2D eigenvalue weighted by molar-refractivity contribution is 6.02. The zero-order chi connectivity index (χ0) is 25.9. The number of piperidine rings is 1. The molecule has 0 spiro atoms. The Labute approximate surface area is 205 Å². The van der Waals surface area contributed by atoms with Gasteiger partial charge in [0.2, 0.25) is 0 Å². The zero-order valence-corrected chi connectivity index (χ0v) is 19.2. The van der Waals surface area contributed by atoms with Crippen molar-refractivity contribution in [3.8, 4) is 11.1 Å². The topological polar surface area (TPSA) is 115 Å². The van der Waals surface area contributed by atoms with E-state index in [4.69, 9.17) is 11.5 Å². The lowest BCUT2D eigenvalue weighted by Gasteiger charge is -2.33. The Balaban J connectivity index is 1.50. The number of likely N-dealkylation sites (tertiary alicyclic amines) is 1. The first-order valence-electron chi connectivity index (χ1n) is 11.3. The molecule has 2 amide bonds. The Kier molecular flexibility index (Phi) is 7.05. The average Bonchev–Trinajstić information content (AvgIpc) is 2.88. The lowest BCUT2D eigenvalue weighted by atomic mass is 9.85. The Morgan fingerprint density at radius 1 is 0.917 bits per heavy atom. The molecule has 36 heavy (non-hydrogen) atoms. The summed E-state index contributed by atoms with van der Waals surface area (Å²) in [6.45, 7) is 0.593.